The van der Waals surface area contributed by atoms with E-state index in [2.05, 4.69) is 13.0 Å². The zero-order valence-electron chi connectivity index (χ0n) is 16.1. The molecule has 26 heavy (non-hydrogen) atoms. The lowest BCUT2D eigenvalue weighted by molar-refractivity contribution is -0.140. The van der Waals surface area contributed by atoms with Crippen molar-refractivity contribution in [3.63, 3.8) is 0 Å². The third kappa shape index (κ3) is 5.76. The van der Waals surface area contributed by atoms with Crippen LogP contribution < -0.4 is 9.47 Å². The first-order chi connectivity index (χ1) is 12.6. The molecule has 0 atom stereocenters. The highest BCUT2D eigenvalue weighted by molar-refractivity contribution is 5.75. The zero-order chi connectivity index (χ0) is 18.8. The second-order valence-electron chi connectivity index (χ2n) is 7.30. The normalized spacial score (nSPS) is 22.4. The van der Waals surface area contributed by atoms with Crippen LogP contribution in [0, 0.1) is 22.7 Å². The Morgan fingerprint density at radius 3 is 2.35 bits per heavy atom. The van der Waals surface area contributed by atoms with Crippen molar-refractivity contribution in [1.82, 2.24) is 0 Å². The minimum Gasteiger partial charge on any atom is -0.494 e. The van der Waals surface area contributed by atoms with Gasteiger partial charge < -0.3 is 9.47 Å². The van der Waals surface area contributed by atoms with E-state index in [9.17, 15) is 10.1 Å². The summed E-state index contributed by atoms with van der Waals surface area (Å²) in [5, 5.41) is 9.65. The van der Waals surface area contributed by atoms with Gasteiger partial charge in [0.25, 0.3) is 0 Å². The van der Waals surface area contributed by atoms with E-state index in [1.165, 1.54) is 19.3 Å². The molecule has 142 valence electrons. The molecule has 0 spiro atoms. The summed E-state index contributed by atoms with van der Waals surface area (Å²) in [4.78, 5) is 12.4. The van der Waals surface area contributed by atoms with Gasteiger partial charge in [0, 0.05) is 0 Å². The number of benzene rings is 1. The first-order valence-corrected chi connectivity index (χ1v) is 9.98. The molecule has 4 nitrogen and oxygen atoms in total. The number of ether oxygens (including phenoxy) is 2. The molecule has 0 radical (unpaired) electrons. The highest BCUT2D eigenvalue weighted by Crippen LogP contribution is 2.42. The minimum atomic E-state index is -0.232. The molecule has 1 fully saturated rings. The lowest BCUT2D eigenvalue weighted by Gasteiger charge is -2.34. The predicted octanol–water partition coefficient (Wildman–Crippen LogP) is 5.66. The molecule has 4 heteroatoms. The van der Waals surface area contributed by atoms with Crippen LogP contribution in [0.1, 0.15) is 71.6 Å². The number of esters is 1. The number of hydrogen-bond acceptors (Lipinski definition) is 4. The summed E-state index contributed by atoms with van der Waals surface area (Å²) < 4.78 is 10.9. The molecule has 0 N–H and O–H groups in total. The number of carbonyl (C=O) groups excluding carboxylic acids is 1. The van der Waals surface area contributed by atoms with Gasteiger partial charge in [0.2, 0.25) is 0 Å². The standard InChI is InChI=1S/C22H31NO3/c1-3-5-6-7-14-22(17-23)15-12-18(13-16-22)21(24)26-20-10-8-19(9-11-20)25-4-2/h8-11,18H,3-7,12-16H2,1-2H3/t18-,22-. The summed E-state index contributed by atoms with van der Waals surface area (Å²) in [5.74, 6) is 1.05. The number of rotatable bonds is 9. The Morgan fingerprint density at radius 1 is 1.12 bits per heavy atom. The Labute approximate surface area is 157 Å². The van der Waals surface area contributed by atoms with Gasteiger partial charge in [-0.15, -0.1) is 0 Å². The largest absolute Gasteiger partial charge is 0.494 e. The van der Waals surface area contributed by atoms with Gasteiger partial charge in [0.1, 0.15) is 11.5 Å². The van der Waals surface area contributed by atoms with Crippen LogP contribution in [0.3, 0.4) is 0 Å². The second kappa shape index (κ2) is 10.2. The van der Waals surface area contributed by atoms with Crippen LogP contribution >= 0.6 is 0 Å². The number of nitriles is 1. The van der Waals surface area contributed by atoms with E-state index in [0.717, 1.165) is 44.3 Å². The van der Waals surface area contributed by atoms with Crippen LogP contribution in [-0.4, -0.2) is 12.6 Å². The molecule has 0 aromatic heterocycles. The van der Waals surface area contributed by atoms with Crippen LogP contribution in [0.15, 0.2) is 24.3 Å². The average molecular weight is 357 g/mol. The van der Waals surface area contributed by atoms with E-state index in [1.54, 1.807) is 12.1 Å². The number of carbonyl (C=O) groups is 1. The van der Waals surface area contributed by atoms with Crippen LogP contribution in [0.2, 0.25) is 0 Å². The summed E-state index contributed by atoms with van der Waals surface area (Å²) in [5.41, 5.74) is -0.232. The average Bonchev–Trinajstić information content (AvgIpc) is 2.67. The molecule has 1 aliphatic carbocycles. The Morgan fingerprint density at radius 2 is 1.77 bits per heavy atom. The van der Waals surface area contributed by atoms with Crippen molar-refractivity contribution in [2.75, 3.05) is 6.61 Å². The fourth-order valence-corrected chi connectivity index (χ4v) is 3.68. The molecule has 0 amide bonds. The Balaban J connectivity index is 1.82. The molecule has 1 aliphatic rings. The van der Waals surface area contributed by atoms with Gasteiger partial charge in [-0.3, -0.25) is 4.79 Å². The summed E-state index contributed by atoms with van der Waals surface area (Å²) in [7, 11) is 0. The first kappa shape index (κ1) is 20.3. The SMILES string of the molecule is CCCCCC[C@]1(C#N)CC[C@H](C(=O)Oc2ccc(OCC)cc2)CC1. The molecular weight excluding hydrogens is 326 g/mol. The molecule has 0 bridgehead atoms. The maximum Gasteiger partial charge on any atom is 0.314 e. The van der Waals surface area contributed by atoms with Crippen LogP contribution in [0.25, 0.3) is 0 Å². The fourth-order valence-electron chi connectivity index (χ4n) is 3.68. The first-order valence-electron chi connectivity index (χ1n) is 9.98. The van der Waals surface area contributed by atoms with Crippen molar-refractivity contribution in [2.24, 2.45) is 11.3 Å². The van der Waals surface area contributed by atoms with Crippen molar-refractivity contribution < 1.29 is 14.3 Å². The van der Waals surface area contributed by atoms with Crippen molar-refractivity contribution in [2.45, 2.75) is 71.6 Å². The van der Waals surface area contributed by atoms with E-state index in [1.807, 2.05) is 19.1 Å². The summed E-state index contributed by atoms with van der Waals surface area (Å²) >= 11 is 0. The van der Waals surface area contributed by atoms with Gasteiger partial charge >= 0.3 is 5.97 Å². The van der Waals surface area contributed by atoms with Crippen LogP contribution in [0.5, 0.6) is 11.5 Å². The lowest BCUT2D eigenvalue weighted by atomic mass is 9.69. The summed E-state index contributed by atoms with van der Waals surface area (Å²) in [6, 6.07) is 9.70. The van der Waals surface area contributed by atoms with Gasteiger partial charge in [-0.05, 0) is 63.3 Å². The van der Waals surface area contributed by atoms with Gasteiger partial charge in [-0.25, -0.2) is 0 Å². The maximum atomic E-state index is 12.4. The number of hydrogen-bond donors (Lipinski definition) is 0. The molecule has 0 aliphatic heterocycles. The van der Waals surface area contributed by atoms with E-state index < -0.39 is 0 Å². The van der Waals surface area contributed by atoms with Gasteiger partial charge in [0.05, 0.1) is 24.0 Å². The number of nitrogens with zero attached hydrogens (tertiary/aromatic N) is 1. The minimum absolute atomic E-state index is 0.0984. The Hall–Kier alpha value is -2.02. The Bertz CT molecular complexity index is 595. The van der Waals surface area contributed by atoms with E-state index in [0.29, 0.717) is 12.4 Å². The third-order valence-electron chi connectivity index (χ3n) is 5.38. The van der Waals surface area contributed by atoms with Crippen molar-refractivity contribution in [3.05, 3.63) is 24.3 Å². The van der Waals surface area contributed by atoms with Gasteiger partial charge in [-0.1, -0.05) is 32.6 Å². The van der Waals surface area contributed by atoms with Crippen molar-refractivity contribution in [1.29, 1.82) is 5.26 Å². The maximum absolute atomic E-state index is 12.4. The smallest absolute Gasteiger partial charge is 0.314 e. The molecule has 1 aromatic rings. The van der Waals surface area contributed by atoms with E-state index in [4.69, 9.17) is 9.47 Å². The third-order valence-corrected chi connectivity index (χ3v) is 5.38. The van der Waals surface area contributed by atoms with E-state index in [-0.39, 0.29) is 17.3 Å². The molecule has 1 saturated carbocycles. The van der Waals surface area contributed by atoms with Crippen LogP contribution in [0.4, 0.5) is 0 Å². The van der Waals surface area contributed by atoms with Crippen molar-refractivity contribution in [3.8, 4) is 17.6 Å². The fraction of sp³-hybridized carbons (Fsp3) is 0.636. The van der Waals surface area contributed by atoms with Crippen LogP contribution in [-0.2, 0) is 4.79 Å². The highest BCUT2D eigenvalue weighted by Gasteiger charge is 2.37. The molecule has 1 aromatic carbocycles. The molecule has 2 rings (SSSR count). The predicted molar refractivity (Wildman–Crippen MR) is 102 cm³/mol. The molecule has 0 heterocycles. The van der Waals surface area contributed by atoms with Gasteiger partial charge in [0.15, 0.2) is 0 Å². The second-order valence-corrected chi connectivity index (χ2v) is 7.30. The summed E-state index contributed by atoms with van der Waals surface area (Å²) in [6.07, 6.45) is 8.82. The lowest BCUT2D eigenvalue weighted by Crippen LogP contribution is -2.31. The topological polar surface area (TPSA) is 59.3 Å². The quantitative estimate of drug-likeness (QED) is 0.325. The molecular formula is C22H31NO3. The zero-order valence-corrected chi connectivity index (χ0v) is 16.1. The highest BCUT2D eigenvalue weighted by atomic mass is 16.5. The molecule has 0 saturated heterocycles. The molecule has 0 unspecified atom stereocenters. The van der Waals surface area contributed by atoms with Crippen molar-refractivity contribution >= 4 is 5.97 Å². The monoisotopic (exact) mass is 357 g/mol. The van der Waals surface area contributed by atoms with E-state index >= 15 is 0 Å². The summed E-state index contributed by atoms with van der Waals surface area (Å²) in [6.45, 7) is 4.74. The van der Waals surface area contributed by atoms with Gasteiger partial charge in [-0.2, -0.15) is 5.26 Å². The number of unbranched alkanes of at least 4 members (excludes halogenated alkanes) is 3. The Kier molecular flexibility index (Phi) is 7.97.